The van der Waals surface area contributed by atoms with Crippen LogP contribution in [0.15, 0.2) is 0 Å². The van der Waals surface area contributed by atoms with Gasteiger partial charge in [0, 0.05) is 38.8 Å². The molecular formula is C14H26N2O2. The fourth-order valence-corrected chi connectivity index (χ4v) is 3.17. The molecule has 1 saturated carbocycles. The van der Waals surface area contributed by atoms with Gasteiger partial charge < -0.3 is 15.4 Å². The second kappa shape index (κ2) is 6.53. The van der Waals surface area contributed by atoms with Crippen LogP contribution in [-0.2, 0) is 9.53 Å². The highest BCUT2D eigenvalue weighted by atomic mass is 16.5. The first kappa shape index (κ1) is 13.8. The molecule has 1 aliphatic carbocycles. The second-order valence-corrected chi connectivity index (χ2v) is 5.90. The maximum atomic E-state index is 12.4. The SMILES string of the molecule is CN(CC1CCOCC1)C(=O)C1CCCC(N)C1. The molecule has 0 spiro atoms. The molecule has 104 valence electrons. The molecule has 18 heavy (non-hydrogen) atoms. The Hall–Kier alpha value is -0.610. The molecule has 2 unspecified atom stereocenters. The molecule has 0 aromatic rings. The van der Waals surface area contributed by atoms with Crippen LogP contribution in [0.2, 0.25) is 0 Å². The number of carbonyl (C=O) groups is 1. The van der Waals surface area contributed by atoms with Gasteiger partial charge in [0.2, 0.25) is 5.91 Å². The number of hydrogen-bond acceptors (Lipinski definition) is 3. The Kier molecular flexibility index (Phi) is 5.01. The van der Waals surface area contributed by atoms with E-state index in [2.05, 4.69) is 0 Å². The molecule has 2 atom stereocenters. The lowest BCUT2D eigenvalue weighted by molar-refractivity contribution is -0.136. The normalized spacial score (nSPS) is 30.1. The summed E-state index contributed by atoms with van der Waals surface area (Å²) in [6.07, 6.45) is 6.24. The first-order valence-electron chi connectivity index (χ1n) is 7.25. The molecule has 0 bridgehead atoms. The van der Waals surface area contributed by atoms with Crippen molar-refractivity contribution in [1.82, 2.24) is 4.90 Å². The predicted octanol–water partition coefficient (Wildman–Crippen LogP) is 1.39. The van der Waals surface area contributed by atoms with Crippen LogP contribution in [0.25, 0.3) is 0 Å². The summed E-state index contributed by atoms with van der Waals surface area (Å²) >= 11 is 0. The van der Waals surface area contributed by atoms with Crippen molar-refractivity contribution in [1.29, 1.82) is 0 Å². The highest BCUT2D eigenvalue weighted by molar-refractivity contribution is 5.78. The molecule has 2 fully saturated rings. The maximum absolute atomic E-state index is 12.4. The molecule has 0 aromatic carbocycles. The molecule has 1 heterocycles. The van der Waals surface area contributed by atoms with Gasteiger partial charge in [0.1, 0.15) is 0 Å². The van der Waals surface area contributed by atoms with Crippen molar-refractivity contribution in [2.24, 2.45) is 17.6 Å². The molecular weight excluding hydrogens is 228 g/mol. The van der Waals surface area contributed by atoms with E-state index < -0.39 is 0 Å². The van der Waals surface area contributed by atoms with Crippen molar-refractivity contribution in [2.75, 3.05) is 26.8 Å². The monoisotopic (exact) mass is 254 g/mol. The topological polar surface area (TPSA) is 55.6 Å². The minimum Gasteiger partial charge on any atom is -0.381 e. The third-order valence-corrected chi connectivity index (χ3v) is 4.31. The van der Waals surface area contributed by atoms with Gasteiger partial charge >= 0.3 is 0 Å². The summed E-state index contributed by atoms with van der Waals surface area (Å²) in [7, 11) is 1.94. The second-order valence-electron chi connectivity index (χ2n) is 5.90. The molecule has 4 nitrogen and oxygen atoms in total. The molecule has 4 heteroatoms. The third-order valence-electron chi connectivity index (χ3n) is 4.31. The smallest absolute Gasteiger partial charge is 0.225 e. The van der Waals surface area contributed by atoms with E-state index in [0.29, 0.717) is 11.8 Å². The van der Waals surface area contributed by atoms with Gasteiger partial charge in [0.05, 0.1) is 0 Å². The van der Waals surface area contributed by atoms with Crippen molar-refractivity contribution in [3.05, 3.63) is 0 Å². The van der Waals surface area contributed by atoms with E-state index in [1.54, 1.807) is 0 Å². The Labute approximate surface area is 110 Å². The van der Waals surface area contributed by atoms with Gasteiger partial charge in [-0.2, -0.15) is 0 Å². The van der Waals surface area contributed by atoms with Crippen LogP contribution in [0.4, 0.5) is 0 Å². The van der Waals surface area contributed by atoms with Crippen molar-refractivity contribution in [3.63, 3.8) is 0 Å². The lowest BCUT2D eigenvalue weighted by Crippen LogP contribution is -2.41. The lowest BCUT2D eigenvalue weighted by Gasteiger charge is -2.32. The Balaban J connectivity index is 1.79. The average molecular weight is 254 g/mol. The van der Waals surface area contributed by atoms with Crippen LogP contribution in [0, 0.1) is 11.8 Å². The molecule has 2 aliphatic rings. The molecule has 1 amide bonds. The standard InChI is InChI=1S/C14H26N2O2/c1-16(10-11-5-7-18-8-6-11)14(17)12-3-2-4-13(15)9-12/h11-13H,2-10,15H2,1H3. The summed E-state index contributed by atoms with van der Waals surface area (Å²) in [6.45, 7) is 2.58. The molecule has 0 aromatic heterocycles. The van der Waals surface area contributed by atoms with Gasteiger partial charge in [-0.05, 0) is 38.0 Å². The largest absolute Gasteiger partial charge is 0.381 e. The maximum Gasteiger partial charge on any atom is 0.225 e. The van der Waals surface area contributed by atoms with Crippen LogP contribution in [0.5, 0.6) is 0 Å². The molecule has 1 aliphatic heterocycles. The first-order chi connectivity index (χ1) is 8.66. The molecule has 2 rings (SSSR count). The minimum atomic E-state index is 0.165. The van der Waals surface area contributed by atoms with Crippen molar-refractivity contribution < 1.29 is 9.53 Å². The number of amides is 1. The van der Waals surface area contributed by atoms with Crippen LogP contribution < -0.4 is 5.73 Å². The summed E-state index contributed by atoms with van der Waals surface area (Å²) in [5, 5.41) is 0. The Morgan fingerprint density at radius 1 is 1.28 bits per heavy atom. The van der Waals surface area contributed by atoms with Gasteiger partial charge in [0.25, 0.3) is 0 Å². The fraction of sp³-hybridized carbons (Fsp3) is 0.929. The summed E-state index contributed by atoms with van der Waals surface area (Å²) in [4.78, 5) is 14.3. The highest BCUT2D eigenvalue weighted by Gasteiger charge is 2.28. The highest BCUT2D eigenvalue weighted by Crippen LogP contribution is 2.25. The van der Waals surface area contributed by atoms with Gasteiger partial charge in [-0.15, -0.1) is 0 Å². The summed E-state index contributed by atoms with van der Waals surface area (Å²) < 4.78 is 5.35. The van der Waals surface area contributed by atoms with Gasteiger partial charge in [-0.3, -0.25) is 4.79 Å². The lowest BCUT2D eigenvalue weighted by atomic mass is 9.85. The number of rotatable bonds is 3. The van der Waals surface area contributed by atoms with E-state index in [0.717, 1.165) is 58.3 Å². The minimum absolute atomic E-state index is 0.165. The molecule has 0 radical (unpaired) electrons. The van der Waals surface area contributed by atoms with Crippen LogP contribution >= 0.6 is 0 Å². The summed E-state index contributed by atoms with van der Waals surface area (Å²) in [5.41, 5.74) is 5.96. The Morgan fingerprint density at radius 3 is 2.67 bits per heavy atom. The van der Waals surface area contributed by atoms with E-state index in [1.165, 1.54) is 0 Å². The van der Waals surface area contributed by atoms with E-state index in [-0.39, 0.29) is 12.0 Å². The summed E-state index contributed by atoms with van der Waals surface area (Å²) in [6, 6.07) is 0.226. The zero-order valence-corrected chi connectivity index (χ0v) is 11.4. The predicted molar refractivity (Wildman–Crippen MR) is 71.1 cm³/mol. The number of hydrogen-bond donors (Lipinski definition) is 1. The summed E-state index contributed by atoms with van der Waals surface area (Å²) in [5.74, 6) is 1.08. The van der Waals surface area contributed by atoms with Crippen LogP contribution in [0.1, 0.15) is 38.5 Å². The van der Waals surface area contributed by atoms with Gasteiger partial charge in [0.15, 0.2) is 0 Å². The van der Waals surface area contributed by atoms with Gasteiger partial charge in [-0.25, -0.2) is 0 Å². The Bertz CT molecular complexity index is 277. The zero-order valence-electron chi connectivity index (χ0n) is 11.4. The quantitative estimate of drug-likeness (QED) is 0.828. The van der Waals surface area contributed by atoms with Crippen molar-refractivity contribution in [3.8, 4) is 0 Å². The first-order valence-corrected chi connectivity index (χ1v) is 7.25. The van der Waals surface area contributed by atoms with Crippen LogP contribution in [-0.4, -0.2) is 43.7 Å². The number of nitrogens with zero attached hydrogens (tertiary/aromatic N) is 1. The van der Waals surface area contributed by atoms with E-state index >= 15 is 0 Å². The number of carbonyl (C=O) groups excluding carboxylic acids is 1. The van der Waals surface area contributed by atoms with Crippen LogP contribution in [0.3, 0.4) is 0 Å². The van der Waals surface area contributed by atoms with Gasteiger partial charge in [-0.1, -0.05) is 6.42 Å². The molecule has 2 N–H and O–H groups in total. The number of ether oxygens (including phenoxy) is 1. The number of nitrogens with two attached hydrogens (primary N) is 1. The Morgan fingerprint density at radius 2 is 2.00 bits per heavy atom. The van der Waals surface area contributed by atoms with Crippen molar-refractivity contribution in [2.45, 2.75) is 44.6 Å². The molecule has 1 saturated heterocycles. The van der Waals surface area contributed by atoms with E-state index in [1.807, 2.05) is 11.9 Å². The fourth-order valence-electron chi connectivity index (χ4n) is 3.17. The van der Waals surface area contributed by atoms with Crippen molar-refractivity contribution >= 4 is 5.91 Å². The van der Waals surface area contributed by atoms with E-state index in [9.17, 15) is 4.79 Å². The van der Waals surface area contributed by atoms with E-state index in [4.69, 9.17) is 10.5 Å². The third kappa shape index (κ3) is 3.69. The zero-order chi connectivity index (χ0) is 13.0. The average Bonchev–Trinajstić information content (AvgIpc) is 2.39.